The van der Waals surface area contributed by atoms with E-state index < -0.39 is 11.9 Å². The second-order valence-corrected chi connectivity index (χ2v) is 7.49. The molecule has 0 spiro atoms. The number of carbonyl (C=O) groups excluding carboxylic acids is 2. The highest BCUT2D eigenvalue weighted by Gasteiger charge is 2.29. The third-order valence-electron chi connectivity index (χ3n) is 4.69. The summed E-state index contributed by atoms with van der Waals surface area (Å²) in [5, 5.41) is 5.86. The minimum atomic E-state index is -0.745. The molecule has 2 aromatic rings. The fraction of sp³-hybridized carbons (Fsp3) is 0.429. The van der Waals surface area contributed by atoms with Crippen LogP contribution in [-0.4, -0.2) is 47.8 Å². The number of nitrogens with zero attached hydrogens (tertiary/aromatic N) is 2. The molecule has 154 valence electrons. The van der Waals surface area contributed by atoms with Crippen molar-refractivity contribution in [2.75, 3.05) is 7.11 Å². The molecule has 0 bridgehead atoms. The number of nitrogens with one attached hydrogen (secondary N) is 2. The van der Waals surface area contributed by atoms with Crippen LogP contribution in [0, 0.1) is 5.92 Å². The monoisotopic (exact) mass is 396 g/mol. The van der Waals surface area contributed by atoms with E-state index in [1.807, 2.05) is 37.2 Å². The molecule has 2 N–H and O–H groups in total. The second kappa shape index (κ2) is 11.3. The molecule has 0 radical (unpaired) electrons. The minimum Gasteiger partial charge on any atom is -0.437 e. The molecule has 0 aliphatic heterocycles. The Morgan fingerprint density at radius 3 is 2.45 bits per heavy atom. The Bertz CT molecular complexity index is 774. The van der Waals surface area contributed by atoms with E-state index in [4.69, 9.17) is 4.65 Å². The lowest BCUT2D eigenvalue weighted by Gasteiger charge is -2.26. The number of hydrogen-bond acceptors (Lipinski definition) is 5. The number of amides is 2. The molecule has 1 unspecified atom stereocenters. The predicted octanol–water partition coefficient (Wildman–Crippen LogP) is 2.16. The van der Waals surface area contributed by atoms with Gasteiger partial charge >= 0.3 is 6.92 Å². The normalized spacial score (nSPS) is 12.9. The van der Waals surface area contributed by atoms with Crippen molar-refractivity contribution in [3.8, 4) is 0 Å². The Labute approximate surface area is 172 Å². The summed E-state index contributed by atoms with van der Waals surface area (Å²) in [7, 11) is 1.63. The van der Waals surface area contributed by atoms with Gasteiger partial charge in [0.05, 0.1) is 6.20 Å². The fourth-order valence-corrected chi connectivity index (χ4v) is 3.03. The summed E-state index contributed by atoms with van der Waals surface area (Å²) in [4.78, 5) is 33.6. The number of carbonyl (C=O) groups is 2. The summed E-state index contributed by atoms with van der Waals surface area (Å²) in [6, 6.07) is 8.84. The van der Waals surface area contributed by atoms with Gasteiger partial charge in [0.1, 0.15) is 11.7 Å². The van der Waals surface area contributed by atoms with Crippen LogP contribution in [0.5, 0.6) is 0 Å². The number of hydrogen-bond donors (Lipinski definition) is 2. The van der Waals surface area contributed by atoms with Crippen molar-refractivity contribution in [1.29, 1.82) is 0 Å². The summed E-state index contributed by atoms with van der Waals surface area (Å²) in [6.45, 7) is 5.98. The van der Waals surface area contributed by atoms with Gasteiger partial charge < -0.3 is 15.3 Å². The van der Waals surface area contributed by atoms with Crippen LogP contribution in [0.3, 0.4) is 0 Å². The molecule has 29 heavy (non-hydrogen) atoms. The van der Waals surface area contributed by atoms with Crippen LogP contribution in [0.4, 0.5) is 0 Å². The summed E-state index contributed by atoms with van der Waals surface area (Å²) in [5.41, 5.74) is 1.12. The molecule has 7 nitrogen and oxygen atoms in total. The molecule has 0 aliphatic carbocycles. The minimum absolute atomic E-state index is 0.144. The van der Waals surface area contributed by atoms with Crippen LogP contribution >= 0.6 is 0 Å². The standard InChI is InChI=1S/C21H29BN4O3/c1-15(2)12-19(22(3)29-4)26-20(27)17(13-16-8-6-5-7-9-16)25-21(28)18-14-23-10-11-24-18/h5-11,14-15,17,19H,12-13H2,1-4H3,(H,25,28)(H,26,27)/t17?,19-/m0/s1. The summed E-state index contributed by atoms with van der Waals surface area (Å²) in [6.07, 6.45) is 5.46. The molecule has 0 saturated carbocycles. The molecule has 1 heterocycles. The topological polar surface area (TPSA) is 93.2 Å². The second-order valence-electron chi connectivity index (χ2n) is 7.49. The average molecular weight is 396 g/mol. The van der Waals surface area contributed by atoms with E-state index in [-0.39, 0.29) is 24.5 Å². The maximum atomic E-state index is 13.1. The van der Waals surface area contributed by atoms with Crippen LogP contribution in [0.25, 0.3) is 0 Å². The van der Waals surface area contributed by atoms with Gasteiger partial charge in [0.15, 0.2) is 0 Å². The van der Waals surface area contributed by atoms with Gasteiger partial charge in [-0.2, -0.15) is 0 Å². The van der Waals surface area contributed by atoms with Crippen LogP contribution in [0.15, 0.2) is 48.9 Å². The van der Waals surface area contributed by atoms with E-state index in [1.165, 1.54) is 18.6 Å². The van der Waals surface area contributed by atoms with Gasteiger partial charge in [0, 0.05) is 31.9 Å². The lowest BCUT2D eigenvalue weighted by Crippen LogP contribution is -2.54. The van der Waals surface area contributed by atoms with Gasteiger partial charge in [-0.1, -0.05) is 51.0 Å². The van der Waals surface area contributed by atoms with Crippen molar-refractivity contribution < 1.29 is 14.2 Å². The van der Waals surface area contributed by atoms with Crippen LogP contribution in [0.1, 0.15) is 36.3 Å². The van der Waals surface area contributed by atoms with Gasteiger partial charge in [0.25, 0.3) is 5.91 Å². The highest BCUT2D eigenvalue weighted by molar-refractivity contribution is 6.52. The number of rotatable bonds is 10. The highest BCUT2D eigenvalue weighted by atomic mass is 16.4. The average Bonchev–Trinajstić information content (AvgIpc) is 2.73. The van der Waals surface area contributed by atoms with Crippen molar-refractivity contribution in [2.45, 2.75) is 45.5 Å². The van der Waals surface area contributed by atoms with Gasteiger partial charge in [-0.25, -0.2) is 4.98 Å². The largest absolute Gasteiger partial charge is 0.437 e. The molecule has 0 saturated heterocycles. The molecule has 2 amide bonds. The first-order chi connectivity index (χ1) is 13.9. The zero-order valence-electron chi connectivity index (χ0n) is 17.5. The fourth-order valence-electron chi connectivity index (χ4n) is 3.03. The zero-order chi connectivity index (χ0) is 21.2. The van der Waals surface area contributed by atoms with Gasteiger partial charge in [-0.05, 0) is 17.9 Å². The van der Waals surface area contributed by atoms with E-state index in [9.17, 15) is 9.59 Å². The van der Waals surface area contributed by atoms with E-state index in [0.717, 1.165) is 12.0 Å². The van der Waals surface area contributed by atoms with Crippen LogP contribution in [0.2, 0.25) is 6.82 Å². The number of aromatic nitrogens is 2. The molecule has 0 aliphatic rings. The lowest BCUT2D eigenvalue weighted by molar-refractivity contribution is -0.123. The van der Waals surface area contributed by atoms with Crippen LogP contribution < -0.4 is 10.6 Å². The van der Waals surface area contributed by atoms with E-state index in [1.54, 1.807) is 7.11 Å². The van der Waals surface area contributed by atoms with Crippen molar-refractivity contribution in [2.24, 2.45) is 5.92 Å². The first kappa shape index (κ1) is 22.6. The van der Waals surface area contributed by atoms with E-state index in [2.05, 4.69) is 34.4 Å². The quantitative estimate of drug-likeness (QED) is 0.601. The molecular formula is C21H29BN4O3. The SMILES string of the molecule is COB(C)[C@H](CC(C)C)NC(=O)C(Cc1ccccc1)NC(=O)c1cnccn1. The molecule has 8 heteroatoms. The maximum absolute atomic E-state index is 13.1. The highest BCUT2D eigenvalue weighted by Crippen LogP contribution is 2.10. The Morgan fingerprint density at radius 2 is 1.86 bits per heavy atom. The Balaban J connectivity index is 2.18. The van der Waals surface area contributed by atoms with Crippen molar-refractivity contribution >= 4 is 18.7 Å². The van der Waals surface area contributed by atoms with Gasteiger partial charge in [-0.3, -0.25) is 14.6 Å². The third kappa shape index (κ3) is 7.31. The smallest absolute Gasteiger partial charge is 0.312 e. The summed E-state index contributed by atoms with van der Waals surface area (Å²) < 4.78 is 5.44. The molecule has 2 atom stereocenters. The van der Waals surface area contributed by atoms with E-state index in [0.29, 0.717) is 12.3 Å². The van der Waals surface area contributed by atoms with Crippen molar-refractivity contribution in [1.82, 2.24) is 20.6 Å². The van der Waals surface area contributed by atoms with Crippen LogP contribution in [-0.2, 0) is 15.9 Å². The first-order valence-corrected chi connectivity index (χ1v) is 9.84. The van der Waals surface area contributed by atoms with E-state index >= 15 is 0 Å². The summed E-state index contributed by atoms with van der Waals surface area (Å²) in [5.74, 6) is -0.450. The lowest BCUT2D eigenvalue weighted by atomic mass is 9.60. The Morgan fingerprint density at radius 1 is 1.14 bits per heavy atom. The first-order valence-electron chi connectivity index (χ1n) is 9.84. The predicted molar refractivity (Wildman–Crippen MR) is 113 cm³/mol. The van der Waals surface area contributed by atoms with Crippen molar-refractivity contribution in [3.63, 3.8) is 0 Å². The Hall–Kier alpha value is -2.74. The van der Waals surface area contributed by atoms with Gasteiger partial charge in [-0.15, -0.1) is 0 Å². The van der Waals surface area contributed by atoms with Gasteiger partial charge in [0.2, 0.25) is 5.91 Å². The maximum Gasteiger partial charge on any atom is 0.312 e. The molecular weight excluding hydrogens is 367 g/mol. The summed E-state index contributed by atoms with van der Waals surface area (Å²) >= 11 is 0. The third-order valence-corrected chi connectivity index (χ3v) is 4.69. The Kier molecular flexibility index (Phi) is 8.80. The molecule has 1 aromatic carbocycles. The van der Waals surface area contributed by atoms with Crippen molar-refractivity contribution in [3.05, 3.63) is 60.2 Å². The molecule has 2 rings (SSSR count). The molecule has 0 fully saturated rings. The zero-order valence-corrected chi connectivity index (χ0v) is 17.5. The molecule has 1 aromatic heterocycles. The number of benzene rings is 1.